The molecule has 0 aromatic carbocycles. The van der Waals surface area contributed by atoms with E-state index in [9.17, 15) is 9.59 Å². The predicted octanol–water partition coefficient (Wildman–Crippen LogP) is 1.06. The zero-order valence-corrected chi connectivity index (χ0v) is 6.93. The number of alkyl halides is 1. The molecular formula is C5H9BrO3. The topological polar surface area (TPSA) is 54.4 Å². The highest BCUT2D eigenvalue weighted by atomic mass is 79.9. The van der Waals surface area contributed by atoms with E-state index in [0.717, 1.165) is 12.3 Å². The Labute approximate surface area is 62.2 Å². The van der Waals surface area contributed by atoms with E-state index >= 15 is 0 Å². The molecule has 0 aromatic heterocycles. The summed E-state index contributed by atoms with van der Waals surface area (Å²) in [7, 11) is 0. The summed E-state index contributed by atoms with van der Waals surface area (Å²) < 4.78 is 0. The third-order valence-electron chi connectivity index (χ3n) is 0.301. The van der Waals surface area contributed by atoms with Gasteiger partial charge in [-0.15, -0.1) is 0 Å². The molecule has 0 aromatic rings. The molecule has 0 rings (SSSR count). The Morgan fingerprint density at radius 2 is 1.67 bits per heavy atom. The summed E-state index contributed by atoms with van der Waals surface area (Å²) in [5.74, 6) is -2.20. The van der Waals surface area contributed by atoms with Crippen LogP contribution in [0.3, 0.4) is 0 Å². The molecule has 0 spiro atoms. The van der Waals surface area contributed by atoms with Gasteiger partial charge < -0.3 is 5.11 Å². The molecule has 0 amide bonds. The van der Waals surface area contributed by atoms with E-state index in [4.69, 9.17) is 5.11 Å². The lowest BCUT2D eigenvalue weighted by molar-refractivity contribution is -0.148. The summed E-state index contributed by atoms with van der Waals surface area (Å²) in [6.07, 6.45) is 0. The van der Waals surface area contributed by atoms with Gasteiger partial charge in [-0.3, -0.25) is 4.79 Å². The molecule has 0 aliphatic heterocycles. The second kappa shape index (κ2) is 7.62. The molecule has 3 nitrogen and oxygen atoms in total. The van der Waals surface area contributed by atoms with Crippen molar-refractivity contribution in [1.82, 2.24) is 0 Å². The van der Waals surface area contributed by atoms with Gasteiger partial charge in [0.2, 0.25) is 5.78 Å². The molecule has 0 saturated carbocycles. The van der Waals surface area contributed by atoms with Gasteiger partial charge in [-0.1, -0.05) is 22.9 Å². The zero-order valence-electron chi connectivity index (χ0n) is 5.35. The normalized spacial score (nSPS) is 7.00. The van der Waals surface area contributed by atoms with Crippen LogP contribution in [0.4, 0.5) is 0 Å². The van der Waals surface area contributed by atoms with Gasteiger partial charge in [0.05, 0.1) is 0 Å². The Morgan fingerprint density at radius 3 is 1.67 bits per heavy atom. The van der Waals surface area contributed by atoms with Crippen molar-refractivity contribution in [2.45, 2.75) is 13.8 Å². The van der Waals surface area contributed by atoms with Gasteiger partial charge in [0.15, 0.2) is 0 Å². The summed E-state index contributed by atoms with van der Waals surface area (Å²) in [4.78, 5) is 18.9. The van der Waals surface area contributed by atoms with Gasteiger partial charge in [0.1, 0.15) is 0 Å². The lowest BCUT2D eigenvalue weighted by atomic mass is 10.5. The highest BCUT2D eigenvalue weighted by Crippen LogP contribution is 1.67. The summed E-state index contributed by atoms with van der Waals surface area (Å²) >= 11 is 3.15. The van der Waals surface area contributed by atoms with Crippen LogP contribution in [-0.4, -0.2) is 22.2 Å². The molecule has 0 unspecified atom stereocenters. The molecule has 0 saturated heterocycles. The Hall–Kier alpha value is -0.380. The fourth-order valence-corrected chi connectivity index (χ4v) is 0. The molecule has 0 aliphatic carbocycles. The van der Waals surface area contributed by atoms with Crippen molar-refractivity contribution < 1.29 is 14.7 Å². The van der Waals surface area contributed by atoms with E-state index in [1.165, 1.54) is 0 Å². The highest BCUT2D eigenvalue weighted by molar-refractivity contribution is 9.09. The minimum absolute atomic E-state index is 0.824. The average Bonchev–Trinajstić information content (AvgIpc) is 1.68. The third kappa shape index (κ3) is 18.4. The van der Waals surface area contributed by atoms with Crippen LogP contribution in [-0.2, 0) is 9.59 Å². The molecule has 1 N–H and O–H groups in total. The first-order valence-electron chi connectivity index (χ1n) is 2.36. The standard InChI is InChI=1S/C3H4O3.C2H5Br/c1-2(4)3(5)6;1-2-3/h1H3,(H,5,6);2H2,1H3. The highest BCUT2D eigenvalue weighted by Gasteiger charge is 1.98. The van der Waals surface area contributed by atoms with Crippen molar-refractivity contribution in [3.05, 3.63) is 0 Å². The van der Waals surface area contributed by atoms with Gasteiger partial charge in [-0.05, 0) is 0 Å². The summed E-state index contributed by atoms with van der Waals surface area (Å²) in [5.41, 5.74) is 0. The number of carbonyl (C=O) groups is 2. The molecule has 0 fully saturated rings. The average molecular weight is 197 g/mol. The first-order valence-corrected chi connectivity index (χ1v) is 3.48. The number of rotatable bonds is 1. The Morgan fingerprint density at radius 1 is 1.56 bits per heavy atom. The number of aliphatic carboxylic acids is 1. The summed E-state index contributed by atoms with van der Waals surface area (Å²) in [6, 6.07) is 0. The lowest BCUT2D eigenvalue weighted by Gasteiger charge is -1.73. The van der Waals surface area contributed by atoms with Crippen LogP contribution < -0.4 is 0 Å². The maximum atomic E-state index is 9.54. The molecule has 4 heteroatoms. The predicted molar refractivity (Wildman–Crippen MR) is 37.8 cm³/mol. The fraction of sp³-hybridized carbons (Fsp3) is 0.600. The molecule has 9 heavy (non-hydrogen) atoms. The van der Waals surface area contributed by atoms with Crippen molar-refractivity contribution in [3.8, 4) is 0 Å². The Kier molecular flexibility index (Phi) is 9.67. The van der Waals surface area contributed by atoms with Gasteiger partial charge in [-0.2, -0.15) is 0 Å². The maximum absolute atomic E-state index is 9.54. The van der Waals surface area contributed by atoms with Gasteiger partial charge in [0, 0.05) is 12.3 Å². The first-order chi connectivity index (χ1) is 4.06. The van der Waals surface area contributed by atoms with E-state index in [1.54, 1.807) is 0 Å². The molecular weight excluding hydrogens is 188 g/mol. The van der Waals surface area contributed by atoms with Crippen molar-refractivity contribution >= 4 is 27.7 Å². The number of hydrogen-bond acceptors (Lipinski definition) is 2. The number of carbonyl (C=O) groups excluding carboxylic acids is 1. The largest absolute Gasteiger partial charge is 0.476 e. The van der Waals surface area contributed by atoms with Crippen LogP contribution in [0.1, 0.15) is 13.8 Å². The molecule has 0 heterocycles. The van der Waals surface area contributed by atoms with Crippen LogP contribution in [0.15, 0.2) is 0 Å². The second-order valence-electron chi connectivity index (χ2n) is 1.13. The number of halogens is 1. The van der Waals surface area contributed by atoms with Gasteiger partial charge in [-0.25, -0.2) is 4.79 Å². The van der Waals surface area contributed by atoms with E-state index < -0.39 is 11.8 Å². The van der Waals surface area contributed by atoms with Crippen LogP contribution in [0, 0.1) is 0 Å². The van der Waals surface area contributed by atoms with E-state index in [1.807, 2.05) is 6.92 Å². The minimum Gasteiger partial charge on any atom is -0.476 e. The van der Waals surface area contributed by atoms with Crippen LogP contribution >= 0.6 is 15.9 Å². The number of hydrogen-bond donors (Lipinski definition) is 1. The molecule has 0 atom stereocenters. The first kappa shape index (κ1) is 11.4. The molecule has 0 bridgehead atoms. The van der Waals surface area contributed by atoms with Crippen LogP contribution in [0.2, 0.25) is 0 Å². The maximum Gasteiger partial charge on any atom is 0.371 e. The SMILES string of the molecule is CC(=O)C(=O)O.CCBr. The Balaban J connectivity index is 0. The van der Waals surface area contributed by atoms with Crippen LogP contribution in [0.5, 0.6) is 0 Å². The molecule has 0 aliphatic rings. The molecule has 54 valence electrons. The van der Waals surface area contributed by atoms with Crippen molar-refractivity contribution in [2.24, 2.45) is 0 Å². The second-order valence-corrected chi connectivity index (χ2v) is 2.25. The fourth-order valence-electron chi connectivity index (χ4n) is 0. The minimum atomic E-state index is -1.38. The van der Waals surface area contributed by atoms with E-state index in [-0.39, 0.29) is 0 Å². The lowest BCUT2D eigenvalue weighted by Crippen LogP contribution is -2.05. The summed E-state index contributed by atoms with van der Waals surface area (Å²) in [5, 5.41) is 8.70. The number of ketones is 1. The Bertz CT molecular complexity index is 88.4. The zero-order chi connectivity index (χ0) is 7.86. The molecule has 0 radical (unpaired) electrons. The van der Waals surface area contributed by atoms with Gasteiger partial charge >= 0.3 is 5.97 Å². The van der Waals surface area contributed by atoms with E-state index in [2.05, 4.69) is 15.9 Å². The summed E-state index contributed by atoms with van der Waals surface area (Å²) in [6.45, 7) is 3.04. The number of carboxylic acids is 1. The monoisotopic (exact) mass is 196 g/mol. The quantitative estimate of drug-likeness (QED) is 0.505. The van der Waals surface area contributed by atoms with Crippen LogP contribution in [0.25, 0.3) is 0 Å². The third-order valence-corrected chi connectivity index (χ3v) is 0.301. The number of Topliss-reactive ketones (excluding diaryl/α,β-unsaturated/α-hetero) is 1. The van der Waals surface area contributed by atoms with Crippen molar-refractivity contribution in [2.75, 3.05) is 5.33 Å². The van der Waals surface area contributed by atoms with Gasteiger partial charge in [0.25, 0.3) is 0 Å². The van der Waals surface area contributed by atoms with E-state index in [0.29, 0.717) is 0 Å². The van der Waals surface area contributed by atoms with Crippen molar-refractivity contribution in [3.63, 3.8) is 0 Å². The smallest absolute Gasteiger partial charge is 0.371 e. The van der Waals surface area contributed by atoms with Crippen molar-refractivity contribution in [1.29, 1.82) is 0 Å². The number of carboxylic acid groups (broad SMARTS) is 1.